The first kappa shape index (κ1) is 14.2. The van der Waals surface area contributed by atoms with E-state index in [2.05, 4.69) is 0 Å². The van der Waals surface area contributed by atoms with Gasteiger partial charge in [-0.1, -0.05) is 12.8 Å². The normalized spacial score (nSPS) is 17.3. The maximum absolute atomic E-state index is 13.8. The minimum atomic E-state index is -3.98. The van der Waals surface area contributed by atoms with Gasteiger partial charge in [0.2, 0.25) is 10.0 Å². The molecule has 1 saturated carbocycles. The van der Waals surface area contributed by atoms with E-state index >= 15 is 0 Å². The number of anilines is 1. The molecule has 0 radical (unpaired) electrons. The fraction of sp³-hybridized carbons (Fsp3) is 0.500. The van der Waals surface area contributed by atoms with E-state index in [1.165, 1.54) is 7.05 Å². The molecule has 0 bridgehead atoms. The quantitative estimate of drug-likeness (QED) is 0.867. The maximum Gasteiger partial charge on any atom is 0.246 e. The van der Waals surface area contributed by atoms with Gasteiger partial charge in [0.25, 0.3) is 0 Å². The van der Waals surface area contributed by atoms with Crippen LogP contribution < -0.4 is 5.73 Å². The molecule has 1 aromatic rings. The first-order chi connectivity index (χ1) is 8.85. The number of sulfonamides is 1. The molecule has 106 valence electrons. The van der Waals surface area contributed by atoms with Crippen LogP contribution in [-0.2, 0) is 10.0 Å². The van der Waals surface area contributed by atoms with Gasteiger partial charge in [0.05, 0.1) is 0 Å². The summed E-state index contributed by atoms with van der Waals surface area (Å²) in [7, 11) is -2.56. The van der Waals surface area contributed by atoms with Crippen LogP contribution in [0.1, 0.15) is 25.7 Å². The van der Waals surface area contributed by atoms with Crippen LogP contribution in [0.3, 0.4) is 0 Å². The highest BCUT2D eigenvalue weighted by atomic mass is 32.2. The lowest BCUT2D eigenvalue weighted by atomic mass is 10.3. The molecule has 0 spiro atoms. The SMILES string of the molecule is CN(C1CCCC1)S(=O)(=O)c1ccc(F)c(N)c1F. The van der Waals surface area contributed by atoms with Crippen molar-refractivity contribution in [3.05, 3.63) is 23.8 Å². The molecule has 0 atom stereocenters. The first-order valence-corrected chi connectivity index (χ1v) is 7.51. The first-order valence-electron chi connectivity index (χ1n) is 6.07. The summed E-state index contributed by atoms with van der Waals surface area (Å²) in [6, 6.07) is 1.66. The van der Waals surface area contributed by atoms with Crippen LogP contribution in [-0.4, -0.2) is 25.8 Å². The molecular formula is C12H16F2N2O2S. The smallest absolute Gasteiger partial charge is 0.246 e. The van der Waals surface area contributed by atoms with E-state index in [0.29, 0.717) is 0 Å². The average Bonchev–Trinajstić information content (AvgIpc) is 2.88. The van der Waals surface area contributed by atoms with Crippen LogP contribution in [0.25, 0.3) is 0 Å². The Morgan fingerprint density at radius 1 is 1.26 bits per heavy atom. The van der Waals surface area contributed by atoms with Gasteiger partial charge in [-0.3, -0.25) is 0 Å². The van der Waals surface area contributed by atoms with Gasteiger partial charge in [-0.2, -0.15) is 4.31 Å². The van der Waals surface area contributed by atoms with E-state index < -0.39 is 32.2 Å². The number of halogens is 2. The molecule has 19 heavy (non-hydrogen) atoms. The molecule has 1 aromatic carbocycles. The van der Waals surface area contributed by atoms with Crippen LogP contribution >= 0.6 is 0 Å². The number of rotatable bonds is 3. The van der Waals surface area contributed by atoms with Gasteiger partial charge in [-0.05, 0) is 25.0 Å². The van der Waals surface area contributed by atoms with E-state index in [0.717, 1.165) is 42.1 Å². The Hall–Kier alpha value is -1.21. The standard InChI is InChI=1S/C12H16F2N2O2S/c1-16(8-4-2-3-5-8)19(17,18)10-7-6-9(13)12(15)11(10)14/h6-8H,2-5,15H2,1H3. The predicted octanol–water partition coefficient (Wildman–Crippen LogP) is 2.11. The molecule has 2 rings (SSSR count). The minimum Gasteiger partial charge on any atom is -0.394 e. The third-order valence-corrected chi connectivity index (χ3v) is 5.51. The fourth-order valence-electron chi connectivity index (χ4n) is 2.37. The van der Waals surface area contributed by atoms with Crippen LogP contribution in [0.4, 0.5) is 14.5 Å². The molecule has 0 unspecified atom stereocenters. The predicted molar refractivity (Wildman–Crippen MR) is 68.0 cm³/mol. The summed E-state index contributed by atoms with van der Waals surface area (Å²) in [4.78, 5) is -0.569. The Kier molecular flexibility index (Phi) is 3.78. The Balaban J connectivity index is 2.42. The van der Waals surface area contributed by atoms with E-state index in [1.54, 1.807) is 0 Å². The lowest BCUT2D eigenvalue weighted by Gasteiger charge is -2.24. The zero-order valence-electron chi connectivity index (χ0n) is 10.6. The molecule has 7 heteroatoms. The zero-order valence-corrected chi connectivity index (χ0v) is 11.4. The summed E-state index contributed by atoms with van der Waals surface area (Å²) < 4.78 is 52.7. The minimum absolute atomic E-state index is 0.129. The molecule has 0 aliphatic heterocycles. The van der Waals surface area contributed by atoms with Gasteiger partial charge in [-0.15, -0.1) is 0 Å². The number of hydrogen-bond donors (Lipinski definition) is 1. The Labute approximate surface area is 111 Å². The molecular weight excluding hydrogens is 274 g/mol. The lowest BCUT2D eigenvalue weighted by Crippen LogP contribution is -2.35. The number of hydrogen-bond acceptors (Lipinski definition) is 3. The Bertz CT molecular complexity index is 584. The molecule has 0 amide bonds. The van der Waals surface area contributed by atoms with Gasteiger partial charge >= 0.3 is 0 Å². The molecule has 1 aliphatic rings. The van der Waals surface area contributed by atoms with Crippen molar-refractivity contribution in [2.24, 2.45) is 0 Å². The fourth-order valence-corrected chi connectivity index (χ4v) is 3.86. The zero-order chi connectivity index (χ0) is 14.2. The number of benzene rings is 1. The highest BCUT2D eigenvalue weighted by Gasteiger charge is 2.32. The van der Waals surface area contributed by atoms with Crippen molar-refractivity contribution in [3.8, 4) is 0 Å². The summed E-state index contributed by atoms with van der Waals surface area (Å²) in [5.41, 5.74) is 4.44. The van der Waals surface area contributed by atoms with Crippen LogP contribution in [0, 0.1) is 11.6 Å². The highest BCUT2D eigenvalue weighted by Crippen LogP contribution is 2.30. The second kappa shape index (κ2) is 5.05. The van der Waals surface area contributed by atoms with Crippen molar-refractivity contribution in [2.45, 2.75) is 36.6 Å². The van der Waals surface area contributed by atoms with Gasteiger partial charge in [-0.25, -0.2) is 17.2 Å². The number of nitrogen functional groups attached to an aromatic ring is 1. The molecule has 1 aliphatic carbocycles. The van der Waals surface area contributed by atoms with Crippen molar-refractivity contribution in [3.63, 3.8) is 0 Å². The number of nitrogens with two attached hydrogens (primary N) is 1. The van der Waals surface area contributed by atoms with E-state index in [1.807, 2.05) is 0 Å². The largest absolute Gasteiger partial charge is 0.394 e. The topological polar surface area (TPSA) is 63.4 Å². The summed E-state index contributed by atoms with van der Waals surface area (Å²) in [5, 5.41) is 0. The van der Waals surface area contributed by atoms with E-state index in [4.69, 9.17) is 5.73 Å². The Morgan fingerprint density at radius 3 is 2.42 bits per heavy atom. The molecule has 2 N–H and O–H groups in total. The highest BCUT2D eigenvalue weighted by molar-refractivity contribution is 7.89. The third kappa shape index (κ3) is 2.44. The van der Waals surface area contributed by atoms with Crippen molar-refractivity contribution in [1.82, 2.24) is 4.31 Å². The maximum atomic E-state index is 13.8. The third-order valence-electron chi connectivity index (χ3n) is 3.59. The van der Waals surface area contributed by atoms with Crippen molar-refractivity contribution in [1.29, 1.82) is 0 Å². The van der Waals surface area contributed by atoms with Gasteiger partial charge < -0.3 is 5.73 Å². The second-order valence-corrected chi connectivity index (χ2v) is 6.70. The summed E-state index contributed by atoms with van der Waals surface area (Å²) >= 11 is 0. The molecule has 1 fully saturated rings. The van der Waals surface area contributed by atoms with Crippen molar-refractivity contribution < 1.29 is 17.2 Å². The van der Waals surface area contributed by atoms with Crippen molar-refractivity contribution in [2.75, 3.05) is 12.8 Å². The molecule has 4 nitrogen and oxygen atoms in total. The monoisotopic (exact) mass is 290 g/mol. The van der Waals surface area contributed by atoms with Crippen LogP contribution in [0.15, 0.2) is 17.0 Å². The Morgan fingerprint density at radius 2 is 1.84 bits per heavy atom. The average molecular weight is 290 g/mol. The van der Waals surface area contributed by atoms with E-state index in [-0.39, 0.29) is 6.04 Å². The van der Waals surface area contributed by atoms with E-state index in [9.17, 15) is 17.2 Å². The summed E-state index contributed by atoms with van der Waals surface area (Å²) in [6.45, 7) is 0. The van der Waals surface area contributed by atoms with Crippen LogP contribution in [0.2, 0.25) is 0 Å². The molecule has 0 saturated heterocycles. The lowest BCUT2D eigenvalue weighted by molar-refractivity contribution is 0.370. The van der Waals surface area contributed by atoms with Gasteiger partial charge in [0, 0.05) is 13.1 Å². The second-order valence-electron chi connectivity index (χ2n) is 4.73. The molecule has 0 aromatic heterocycles. The van der Waals surface area contributed by atoms with Crippen molar-refractivity contribution >= 4 is 15.7 Å². The van der Waals surface area contributed by atoms with Gasteiger partial charge in [0.1, 0.15) is 16.4 Å². The van der Waals surface area contributed by atoms with Crippen LogP contribution in [0.5, 0.6) is 0 Å². The molecule has 0 heterocycles. The summed E-state index contributed by atoms with van der Waals surface area (Å²) in [6.07, 6.45) is 3.43. The summed E-state index contributed by atoms with van der Waals surface area (Å²) in [5.74, 6) is -2.18. The van der Waals surface area contributed by atoms with Gasteiger partial charge in [0.15, 0.2) is 5.82 Å². The number of nitrogens with zero attached hydrogens (tertiary/aromatic N) is 1.